The zero-order valence-corrected chi connectivity index (χ0v) is 61.6. The number of nitriles is 2. The van der Waals surface area contributed by atoms with Crippen molar-refractivity contribution in [1.29, 1.82) is 10.5 Å². The number of amides is 2. The van der Waals surface area contributed by atoms with Gasteiger partial charge in [-0.15, -0.1) is 0 Å². The van der Waals surface area contributed by atoms with Gasteiger partial charge in [0.15, 0.2) is 16.0 Å². The van der Waals surface area contributed by atoms with Gasteiger partial charge in [0.25, 0.3) is 11.8 Å². The molecule has 27 nitrogen and oxygen atoms in total. The molecule has 0 bridgehead atoms. The van der Waals surface area contributed by atoms with Crippen molar-refractivity contribution >= 4 is 99.4 Å². The van der Waals surface area contributed by atoms with E-state index >= 15 is 0 Å². The van der Waals surface area contributed by atoms with E-state index in [1.54, 1.807) is 60.9 Å². The number of halogens is 2. The molecule has 2 aliphatic carbocycles. The molecule has 103 heavy (non-hydrogen) atoms. The summed E-state index contributed by atoms with van der Waals surface area (Å²) in [6, 6.07) is 25.6. The minimum absolute atomic E-state index is 0. The molecule has 4 aliphatic rings. The van der Waals surface area contributed by atoms with Crippen LogP contribution in [0.2, 0.25) is 0 Å². The predicted molar refractivity (Wildman–Crippen MR) is 378 cm³/mol. The number of pyridine rings is 2. The molecular weight excluding hydrogens is 1370 g/mol. The van der Waals surface area contributed by atoms with E-state index in [-0.39, 0.29) is 83.5 Å². The Labute approximate surface area is 624 Å². The van der Waals surface area contributed by atoms with Gasteiger partial charge in [-0.25, -0.2) is 68.0 Å². The van der Waals surface area contributed by atoms with Gasteiger partial charge in [0.1, 0.15) is 67.8 Å². The van der Waals surface area contributed by atoms with Crippen LogP contribution in [0.3, 0.4) is 0 Å². The Morgan fingerprint density at radius 2 is 0.990 bits per heavy atom. The van der Waals surface area contributed by atoms with Crippen molar-refractivity contribution < 1.29 is 82.9 Å². The number of thiazole rings is 2. The molecule has 0 atom stereocenters. The van der Waals surface area contributed by atoms with E-state index in [0.29, 0.717) is 99.1 Å². The minimum Gasteiger partial charge on any atom is -0.793 e. The van der Waals surface area contributed by atoms with E-state index in [4.69, 9.17) is 27.0 Å². The first-order valence-corrected chi connectivity index (χ1v) is 33.7. The maximum atomic E-state index is 13.5. The number of aryl methyl sites for hydroxylation is 2. The van der Waals surface area contributed by atoms with Gasteiger partial charge in [0.2, 0.25) is 17.6 Å². The van der Waals surface area contributed by atoms with Crippen molar-refractivity contribution in [3.05, 3.63) is 154 Å². The first kappa shape index (κ1) is 76.9. The van der Waals surface area contributed by atoms with Crippen molar-refractivity contribution in [2.75, 3.05) is 50.1 Å². The monoisotopic (exact) mass is 1440 g/mol. The van der Waals surface area contributed by atoms with E-state index in [1.807, 2.05) is 83.2 Å². The van der Waals surface area contributed by atoms with Gasteiger partial charge in [-0.1, -0.05) is 50.3 Å². The number of Topliss-reactive ketones (excluding diaryl/α,β-unsaturated/α-hetero) is 1. The number of carbonyl (C=O) groups excluding carboxylic acids is 6. The van der Waals surface area contributed by atoms with Gasteiger partial charge in [-0.05, 0) is 111 Å². The number of likely N-dealkylation sites (tertiary alicyclic amines) is 2. The first-order chi connectivity index (χ1) is 49.5. The SMILES string of the molecule is CC(=O)OOC(C)=O.CCc1nc2ccc(-c3cnc(C(=O)N4CC(=O)C4)nc3)cn2c1N(C)c1nc(-c2ccc(F)cc2)c(C#N)s1.CCc1nc2ccc(-c3cnc(C(=O)N4CC(NC5CC5)C4)nc3)cn2c1N(C)c1nc(-c2ccc(F)cc2)c(C#N)s1.NC1CC1.[2H]CC.[B-]OC(C)=O.[Na+]. The van der Waals surface area contributed by atoms with Gasteiger partial charge < -0.3 is 43.4 Å². The molecule has 2 aliphatic heterocycles. The van der Waals surface area contributed by atoms with Crippen molar-refractivity contribution in [2.45, 2.75) is 105 Å². The molecule has 3 radical (unpaired) electrons. The third-order valence-electron chi connectivity index (χ3n) is 15.5. The number of hydrogen-bond acceptors (Lipinski definition) is 25. The Morgan fingerprint density at radius 1 is 0.621 bits per heavy atom. The Balaban J connectivity index is 0.000000207. The topological polar surface area (TPSA) is 341 Å². The molecule has 0 unspecified atom stereocenters. The molecule has 8 aromatic heterocycles. The first-order valence-electron chi connectivity index (χ1n) is 32.8. The fraction of sp³-hybridized carbons (Fsp3) is 0.314. The van der Waals surface area contributed by atoms with Crippen molar-refractivity contribution in [3.8, 4) is 56.9 Å². The van der Waals surface area contributed by atoms with Crippen LogP contribution in [0, 0.1) is 34.3 Å². The third-order valence-corrected chi connectivity index (χ3v) is 17.6. The second-order valence-corrected chi connectivity index (χ2v) is 25.2. The van der Waals surface area contributed by atoms with Crippen molar-refractivity contribution in [1.82, 2.24) is 63.8 Å². The van der Waals surface area contributed by atoms with E-state index in [2.05, 4.69) is 59.9 Å². The van der Waals surface area contributed by atoms with Crippen molar-refractivity contribution in [3.63, 3.8) is 0 Å². The molecule has 0 spiro atoms. The molecule has 33 heteroatoms. The Morgan fingerprint density at radius 3 is 1.31 bits per heavy atom. The van der Waals surface area contributed by atoms with Gasteiger partial charge in [0.05, 0.1) is 24.5 Å². The zero-order chi connectivity index (χ0) is 74.2. The number of imidazole rings is 2. The summed E-state index contributed by atoms with van der Waals surface area (Å²) < 4.78 is 40.7. The number of fused-ring (bicyclic) bond motifs is 2. The second-order valence-electron chi connectivity index (χ2n) is 23.2. The average Bonchev–Trinajstić information content (AvgIpc) is 1.61. The molecule has 14 rings (SSSR count). The molecule has 3 N–H and O–H groups in total. The fourth-order valence-corrected chi connectivity index (χ4v) is 11.8. The fourth-order valence-electron chi connectivity index (χ4n) is 10.1. The summed E-state index contributed by atoms with van der Waals surface area (Å²) in [5.74, 6) is -1.10. The summed E-state index contributed by atoms with van der Waals surface area (Å²) >= 11 is 2.52. The number of nitrogens with two attached hydrogens (primary N) is 1. The van der Waals surface area contributed by atoms with Gasteiger partial charge in [-0.2, -0.15) is 10.5 Å². The molecule has 2 saturated heterocycles. The van der Waals surface area contributed by atoms with E-state index < -0.39 is 17.9 Å². The second kappa shape index (κ2) is 36.0. The Bertz CT molecular complexity index is 4770. The Hall–Kier alpha value is -10.3. The number of rotatable bonds is 14. The van der Waals surface area contributed by atoms with E-state index in [9.17, 15) is 48.1 Å². The summed E-state index contributed by atoms with van der Waals surface area (Å²) in [6.07, 6.45) is 16.7. The number of ketones is 1. The number of aromatic nitrogens is 10. The largest absolute Gasteiger partial charge is 1.00 e. The predicted octanol–water partition coefficient (Wildman–Crippen LogP) is 6.91. The maximum absolute atomic E-state index is 13.5. The van der Waals surface area contributed by atoms with Crippen LogP contribution < -0.4 is 50.4 Å². The molecule has 10 aromatic rings. The summed E-state index contributed by atoms with van der Waals surface area (Å²) in [5.41, 5.74) is 13.9. The van der Waals surface area contributed by atoms with Gasteiger partial charge in [-0.3, -0.25) is 28.0 Å². The van der Waals surface area contributed by atoms with Crippen LogP contribution in [0.4, 0.5) is 30.7 Å². The third kappa shape index (κ3) is 19.9. The number of nitrogens with one attached hydrogen (secondary N) is 1. The van der Waals surface area contributed by atoms with Crippen molar-refractivity contribution in [2.24, 2.45) is 5.73 Å². The van der Waals surface area contributed by atoms with Crippen LogP contribution in [0.5, 0.6) is 0 Å². The molecule has 10 heterocycles. The quantitative estimate of drug-likeness (QED) is 0.0634. The average molecular weight is 1450 g/mol. The molecule has 2 amide bonds. The van der Waals surface area contributed by atoms with E-state index in [1.165, 1.54) is 84.4 Å². The van der Waals surface area contributed by atoms with Crippen LogP contribution >= 0.6 is 22.7 Å². The molecule has 525 valence electrons. The van der Waals surface area contributed by atoms with Gasteiger partial charge in [0, 0.05) is 138 Å². The standard InChI is InChI=1S/C31H28FN9OS.C28H21FN8O2S.C4H6O4.C3H7N.C2H3BO2.C2H6.Na/c1-3-24-29(39(2)31-38-27(25(12-33)43-31)18-4-7-21(32)8-5-18)41-15-19(6-11-26(41)37-24)20-13-34-28(35-14-20)30(42)40-16-23(17-40)36-22-9-10-22;1-3-21-26(35(2)28-34-24(22(10-30)40-28)16-4-7-19(29)8-5-16)37-13-17(6-9-23(37)33-21)18-11-31-25(32-12-18)27(39)36-14-20(38)15-36;1-3(5)7-8-4(2)6;4-3-1-2-3;1-2(4)5-3;1-2;/h4-8,11,13-15,22-23,36H,3,9-10,16-17H2,1-2H3;4-9,11-13H,3,14-15H2,1-2H3;1-2H3;3H,1-2,4H2;1H3;1-2H3;/q;;;;-1;;+1/i;;;;;1D;. The number of anilines is 4. The number of hydrogen-bond donors (Lipinski definition) is 2. The normalized spacial score (nSPS) is 13.4. The number of carbonyl (C=O) groups is 6. The van der Waals surface area contributed by atoms with Crippen LogP contribution in [0.1, 0.15) is 118 Å². The van der Waals surface area contributed by atoms with Crippen LogP contribution in [0.25, 0.3) is 56.1 Å². The zero-order valence-electron chi connectivity index (χ0n) is 59.0. The van der Waals surface area contributed by atoms with Gasteiger partial charge >= 0.3 is 41.5 Å². The molecular formula is C70H71BF2N18NaO9S2. The van der Waals surface area contributed by atoms with Crippen LogP contribution in [-0.4, -0.2) is 160 Å². The minimum atomic E-state index is -0.639. The Kier molecular flexibility index (Phi) is 26.9. The number of nitrogens with zero attached hydrogens (tertiary/aromatic N) is 16. The van der Waals surface area contributed by atoms with Crippen LogP contribution in [0.15, 0.2) is 110 Å². The maximum Gasteiger partial charge on any atom is 1.00 e. The summed E-state index contributed by atoms with van der Waals surface area (Å²) in [5, 5.41) is 24.3. The molecule has 2 saturated carbocycles. The molecule has 4 fully saturated rings. The summed E-state index contributed by atoms with van der Waals surface area (Å²) in [4.78, 5) is 118. The summed E-state index contributed by atoms with van der Waals surface area (Å²) in [7, 11) is 8.09. The van der Waals surface area contributed by atoms with Crippen LogP contribution in [-0.2, 0) is 46.4 Å². The summed E-state index contributed by atoms with van der Waals surface area (Å²) in [6.45, 7) is 11.4. The van der Waals surface area contributed by atoms with E-state index in [0.717, 1.165) is 64.9 Å². The molecule has 2 aromatic carbocycles. The smallest absolute Gasteiger partial charge is 0.793 e. The number of benzene rings is 2.